The van der Waals surface area contributed by atoms with Gasteiger partial charge in [-0.25, -0.2) is 0 Å². The molecule has 1 aliphatic heterocycles. The molecule has 10 heavy (non-hydrogen) atoms. The second-order valence-corrected chi connectivity index (χ2v) is 4.16. The normalized spacial score (nSPS) is 28.6. The first-order valence-corrected chi connectivity index (χ1v) is 4.56. The van der Waals surface area contributed by atoms with Crippen molar-refractivity contribution in [3.63, 3.8) is 0 Å². The fourth-order valence-electron chi connectivity index (χ4n) is 1.44. The Labute approximate surface area is 67.5 Å². The third-order valence-corrected chi connectivity index (χ3v) is 2.57. The lowest BCUT2D eigenvalue weighted by atomic mass is 9.23. The topological polar surface area (TPSA) is 0 Å². The van der Waals surface area contributed by atoms with E-state index in [4.69, 9.17) is 7.74 Å². The number of hydrogen-bond donors (Lipinski definition) is 0. The Morgan fingerprint density at radius 1 is 1.80 bits per heavy atom. The summed E-state index contributed by atoms with van der Waals surface area (Å²) in [6.45, 7) is 2.59. The molecule has 1 aliphatic rings. The van der Waals surface area contributed by atoms with E-state index in [1.54, 1.807) is 0 Å². The molecule has 0 aromatic carbocycles. The smallest absolute Gasteiger partial charge is 0.100 e. The minimum absolute atomic E-state index is 0.387. The molecule has 1 heterocycles. The van der Waals surface area contributed by atoms with Crippen LogP contribution in [0.3, 0.4) is 0 Å². The molecule has 1 rings (SSSR count). The number of allylic oxidation sites excluding steroid dienone is 2. The van der Waals surface area contributed by atoms with E-state index >= 15 is 0 Å². The molecule has 52 valence electrons. The Hall–Kier alpha value is 0.300. The second-order valence-electron chi connectivity index (χ2n) is 3.11. The Morgan fingerprint density at radius 2 is 2.50 bits per heavy atom. The van der Waals surface area contributed by atoms with Crippen molar-refractivity contribution in [3.05, 3.63) is 12.2 Å². The van der Waals surface area contributed by atoms with Crippen LogP contribution < -0.4 is 0 Å². The van der Waals surface area contributed by atoms with Crippen molar-refractivity contribution >= 4 is 23.6 Å². The molecule has 3 unspecified atom stereocenters. The van der Waals surface area contributed by atoms with E-state index < -0.39 is 0 Å². The summed E-state index contributed by atoms with van der Waals surface area (Å²) in [7, 11) is 8.73. The highest BCUT2D eigenvalue weighted by Gasteiger charge is 2.21. The molecule has 0 saturated carbocycles. The summed E-state index contributed by atoms with van der Waals surface area (Å²) in [6, 6.07) is 0. The molecule has 3 atom stereocenters. The van der Waals surface area contributed by atoms with Gasteiger partial charge in [0.05, 0.1) is 0 Å². The average molecular weight is 150 g/mol. The molecule has 0 aliphatic carbocycles. The molecule has 0 saturated heterocycles. The first-order chi connectivity index (χ1) is 4.72. The van der Waals surface area contributed by atoms with Gasteiger partial charge >= 0.3 is 0 Å². The van der Waals surface area contributed by atoms with Crippen LogP contribution in [-0.4, -0.2) is 20.0 Å². The third-order valence-electron chi connectivity index (χ3n) is 2.13. The summed E-state index contributed by atoms with van der Waals surface area (Å²) in [5, 5.41) is 0. The van der Waals surface area contributed by atoms with E-state index in [9.17, 15) is 0 Å². The van der Waals surface area contributed by atoms with Crippen LogP contribution in [0.2, 0.25) is 12.1 Å². The highest BCUT2D eigenvalue weighted by molar-refractivity contribution is 7.19. The van der Waals surface area contributed by atoms with E-state index in [-0.39, 0.29) is 0 Å². The van der Waals surface area contributed by atoms with Gasteiger partial charge in [0.25, 0.3) is 0 Å². The van der Waals surface area contributed by atoms with Gasteiger partial charge in [-0.3, -0.25) is 0 Å². The SMILES string of the molecule is [B]B1CCC=CC1C(C)P. The van der Waals surface area contributed by atoms with Gasteiger partial charge in [-0.15, -0.1) is 9.24 Å². The lowest BCUT2D eigenvalue weighted by Crippen LogP contribution is -2.26. The molecular weight excluding hydrogens is 137 g/mol. The quantitative estimate of drug-likeness (QED) is 0.303. The molecule has 3 heteroatoms. The Kier molecular flexibility index (Phi) is 3.04. The van der Waals surface area contributed by atoms with Crippen LogP contribution in [0.15, 0.2) is 12.2 Å². The highest BCUT2D eigenvalue weighted by Crippen LogP contribution is 2.28. The van der Waals surface area contributed by atoms with Gasteiger partial charge in [0.15, 0.2) is 0 Å². The second kappa shape index (κ2) is 3.62. The van der Waals surface area contributed by atoms with Crippen molar-refractivity contribution < 1.29 is 0 Å². The maximum Gasteiger partial charge on any atom is 0.100 e. The zero-order chi connectivity index (χ0) is 7.56. The van der Waals surface area contributed by atoms with Crippen LogP contribution in [-0.2, 0) is 0 Å². The molecule has 0 spiro atoms. The zero-order valence-electron chi connectivity index (χ0n) is 6.46. The number of hydrogen-bond acceptors (Lipinski definition) is 0. The van der Waals surface area contributed by atoms with Crippen molar-refractivity contribution in [2.75, 3.05) is 0 Å². The van der Waals surface area contributed by atoms with Crippen LogP contribution in [0.25, 0.3) is 0 Å². The third kappa shape index (κ3) is 1.89. The van der Waals surface area contributed by atoms with Crippen molar-refractivity contribution in [1.82, 2.24) is 0 Å². The molecule has 0 fully saturated rings. The van der Waals surface area contributed by atoms with Gasteiger partial charge in [0.2, 0.25) is 0 Å². The minimum Gasteiger partial charge on any atom is -0.135 e. The van der Waals surface area contributed by atoms with Crippen LogP contribution in [0.4, 0.5) is 0 Å². The Morgan fingerprint density at radius 3 is 2.90 bits per heavy atom. The predicted molar refractivity (Wildman–Crippen MR) is 53.0 cm³/mol. The summed E-state index contributed by atoms with van der Waals surface area (Å²) in [5.41, 5.74) is 0.617. The monoisotopic (exact) mass is 150 g/mol. The summed E-state index contributed by atoms with van der Waals surface area (Å²) < 4.78 is 0. The zero-order valence-corrected chi connectivity index (χ0v) is 7.61. The maximum absolute atomic E-state index is 5.92. The summed E-state index contributed by atoms with van der Waals surface area (Å²) >= 11 is 0. The molecule has 2 radical (unpaired) electrons. The average Bonchev–Trinajstić information content (AvgIpc) is 1.88. The molecule has 0 aromatic rings. The minimum atomic E-state index is 0.387. The van der Waals surface area contributed by atoms with Crippen molar-refractivity contribution in [1.29, 1.82) is 0 Å². The van der Waals surface area contributed by atoms with Crippen LogP contribution in [0, 0.1) is 0 Å². The van der Waals surface area contributed by atoms with Crippen molar-refractivity contribution in [3.8, 4) is 0 Å². The van der Waals surface area contributed by atoms with Gasteiger partial charge in [-0.2, -0.15) is 0 Å². The van der Waals surface area contributed by atoms with E-state index in [1.165, 1.54) is 0 Å². The lowest BCUT2D eigenvalue weighted by Gasteiger charge is -2.25. The maximum atomic E-state index is 5.92. The van der Waals surface area contributed by atoms with Gasteiger partial charge in [-0.1, -0.05) is 25.4 Å². The predicted octanol–water partition coefficient (Wildman–Crippen LogP) is 1.74. The van der Waals surface area contributed by atoms with Crippen molar-refractivity contribution in [2.24, 2.45) is 0 Å². The van der Waals surface area contributed by atoms with E-state index in [0.717, 1.165) is 12.7 Å². The van der Waals surface area contributed by atoms with E-state index in [1.807, 2.05) is 0 Å². The summed E-state index contributed by atoms with van der Waals surface area (Å²) in [6.07, 6.45) is 6.81. The highest BCUT2D eigenvalue weighted by atomic mass is 31.0. The standard InChI is InChI=1S/C7H13B2P/c1-6(10)7-4-2-3-5-9(7)8/h2,4,6-7H,3,5,10H2,1H3. The molecule has 0 amide bonds. The van der Waals surface area contributed by atoms with Gasteiger partial charge in [0.1, 0.15) is 6.60 Å². The first kappa shape index (κ1) is 8.40. The molecule has 0 bridgehead atoms. The fourth-order valence-corrected chi connectivity index (χ4v) is 1.86. The molecule has 0 nitrogen and oxygen atoms in total. The largest absolute Gasteiger partial charge is 0.135 e. The molecule has 0 aromatic heterocycles. The summed E-state index contributed by atoms with van der Waals surface area (Å²) in [4.78, 5) is 0. The Balaban J connectivity index is 2.55. The van der Waals surface area contributed by atoms with Crippen LogP contribution in [0.5, 0.6) is 0 Å². The first-order valence-electron chi connectivity index (χ1n) is 3.89. The fraction of sp³-hybridized carbons (Fsp3) is 0.714. The van der Waals surface area contributed by atoms with Gasteiger partial charge in [-0.05, 0) is 17.9 Å². The number of rotatable bonds is 1. The summed E-state index contributed by atoms with van der Waals surface area (Å²) in [5.74, 6) is 0.582. The molecule has 0 N–H and O–H groups in total. The van der Waals surface area contributed by atoms with E-state index in [0.29, 0.717) is 18.1 Å². The van der Waals surface area contributed by atoms with Crippen molar-refractivity contribution in [2.45, 2.75) is 31.1 Å². The van der Waals surface area contributed by atoms with Crippen LogP contribution >= 0.6 is 9.24 Å². The molecular formula is C7H13B2P. The van der Waals surface area contributed by atoms with Crippen LogP contribution in [0.1, 0.15) is 13.3 Å². The van der Waals surface area contributed by atoms with Gasteiger partial charge < -0.3 is 0 Å². The Bertz CT molecular complexity index is 134. The van der Waals surface area contributed by atoms with Gasteiger partial charge in [0, 0.05) is 7.74 Å². The van der Waals surface area contributed by atoms with E-state index in [2.05, 4.69) is 28.3 Å². The lowest BCUT2D eigenvalue weighted by molar-refractivity contribution is 0.921.